The lowest BCUT2D eigenvalue weighted by Gasteiger charge is -2.27. The number of carbonyl (C=O) groups excluding carboxylic acids is 2. The summed E-state index contributed by atoms with van der Waals surface area (Å²) in [6, 6.07) is 1.57. The summed E-state index contributed by atoms with van der Waals surface area (Å²) in [5.41, 5.74) is 0.290. The Balaban J connectivity index is 2.12. The molecule has 0 bridgehead atoms. The van der Waals surface area contributed by atoms with Crippen LogP contribution in [0.5, 0.6) is 0 Å². The number of hydrogen-bond donors (Lipinski definition) is 2. The minimum absolute atomic E-state index is 0.290. The number of thiophene rings is 1. The van der Waals surface area contributed by atoms with Gasteiger partial charge in [-0.1, -0.05) is 12.8 Å². The molecule has 2 N–H and O–H groups in total. The second-order valence-corrected chi connectivity index (χ2v) is 5.90. The molecule has 1 aliphatic rings. The third-order valence-electron chi connectivity index (χ3n) is 3.73. The van der Waals surface area contributed by atoms with E-state index in [9.17, 15) is 19.5 Å². The van der Waals surface area contributed by atoms with Gasteiger partial charge in [0.1, 0.15) is 5.00 Å². The van der Waals surface area contributed by atoms with Crippen LogP contribution in [0.25, 0.3) is 0 Å². The molecule has 1 aliphatic carbocycles. The van der Waals surface area contributed by atoms with Crippen LogP contribution in [-0.4, -0.2) is 30.1 Å². The maximum absolute atomic E-state index is 12.3. The lowest BCUT2D eigenvalue weighted by Crippen LogP contribution is -2.36. The summed E-state index contributed by atoms with van der Waals surface area (Å²) in [6.07, 6.45) is 2.74. The number of carboxylic acids is 1. The molecule has 0 aliphatic heterocycles. The van der Waals surface area contributed by atoms with Gasteiger partial charge in [0.15, 0.2) is 0 Å². The van der Waals surface area contributed by atoms with Gasteiger partial charge in [0.05, 0.1) is 24.5 Å². The summed E-state index contributed by atoms with van der Waals surface area (Å²) >= 11 is 1.21. The molecule has 0 unspecified atom stereocenters. The molecule has 21 heavy (non-hydrogen) atoms. The molecule has 1 saturated carbocycles. The molecule has 114 valence electrons. The van der Waals surface area contributed by atoms with E-state index in [1.807, 2.05) is 0 Å². The van der Waals surface area contributed by atoms with Gasteiger partial charge < -0.3 is 15.2 Å². The van der Waals surface area contributed by atoms with Crippen molar-refractivity contribution in [3.63, 3.8) is 0 Å². The van der Waals surface area contributed by atoms with Crippen LogP contribution in [0.1, 0.15) is 36.0 Å². The van der Waals surface area contributed by atoms with E-state index in [-0.39, 0.29) is 5.91 Å². The summed E-state index contributed by atoms with van der Waals surface area (Å²) in [5, 5.41) is 14.0. The van der Waals surface area contributed by atoms with Gasteiger partial charge in [-0.05, 0) is 24.3 Å². The van der Waals surface area contributed by atoms with Crippen molar-refractivity contribution >= 4 is 34.2 Å². The minimum atomic E-state index is -0.936. The molecule has 1 heterocycles. The van der Waals surface area contributed by atoms with E-state index in [4.69, 9.17) is 0 Å². The lowest BCUT2D eigenvalue weighted by atomic mass is 9.79. The Bertz CT molecular complexity index is 553. The summed E-state index contributed by atoms with van der Waals surface area (Å²) in [5.74, 6) is -3.00. The molecular weight excluding hydrogens is 294 g/mol. The van der Waals surface area contributed by atoms with Crippen molar-refractivity contribution in [3.8, 4) is 0 Å². The first-order valence-corrected chi connectivity index (χ1v) is 7.62. The predicted octanol–water partition coefficient (Wildman–Crippen LogP) is 2.36. The van der Waals surface area contributed by atoms with Crippen LogP contribution in [0.15, 0.2) is 11.4 Å². The van der Waals surface area contributed by atoms with E-state index in [2.05, 4.69) is 10.1 Å². The van der Waals surface area contributed by atoms with Gasteiger partial charge in [0.25, 0.3) is 0 Å². The maximum Gasteiger partial charge on any atom is 0.340 e. The van der Waals surface area contributed by atoms with E-state index in [0.29, 0.717) is 23.4 Å². The molecule has 6 nitrogen and oxygen atoms in total. The quantitative estimate of drug-likeness (QED) is 0.833. The van der Waals surface area contributed by atoms with Crippen LogP contribution in [0.3, 0.4) is 0 Å². The number of carboxylic acid groups (broad SMARTS) is 1. The molecule has 2 atom stereocenters. The Kier molecular flexibility index (Phi) is 4.95. The summed E-state index contributed by atoms with van der Waals surface area (Å²) in [6.45, 7) is 0. The zero-order valence-electron chi connectivity index (χ0n) is 11.6. The van der Waals surface area contributed by atoms with Crippen molar-refractivity contribution in [2.75, 3.05) is 12.4 Å². The first kappa shape index (κ1) is 15.5. The second kappa shape index (κ2) is 6.71. The number of methoxy groups -OCH3 is 1. The number of aliphatic carboxylic acids is 1. The van der Waals surface area contributed by atoms with E-state index in [1.54, 1.807) is 11.4 Å². The number of carbonyl (C=O) groups is 3. The fourth-order valence-electron chi connectivity index (χ4n) is 2.62. The highest BCUT2D eigenvalue weighted by Gasteiger charge is 2.36. The van der Waals surface area contributed by atoms with Crippen molar-refractivity contribution in [3.05, 3.63) is 17.0 Å². The van der Waals surface area contributed by atoms with Crippen LogP contribution in [0.4, 0.5) is 5.00 Å². The van der Waals surface area contributed by atoms with Crippen molar-refractivity contribution in [1.82, 2.24) is 0 Å². The first-order chi connectivity index (χ1) is 10.0. The zero-order valence-corrected chi connectivity index (χ0v) is 12.4. The number of rotatable bonds is 4. The molecule has 0 radical (unpaired) electrons. The fourth-order valence-corrected chi connectivity index (χ4v) is 3.40. The smallest absolute Gasteiger partial charge is 0.340 e. The van der Waals surface area contributed by atoms with Gasteiger partial charge in [0.2, 0.25) is 5.91 Å². The van der Waals surface area contributed by atoms with Crippen molar-refractivity contribution in [1.29, 1.82) is 0 Å². The Morgan fingerprint density at radius 3 is 2.57 bits per heavy atom. The Morgan fingerprint density at radius 1 is 1.29 bits per heavy atom. The topological polar surface area (TPSA) is 92.7 Å². The van der Waals surface area contributed by atoms with Gasteiger partial charge in [0, 0.05) is 0 Å². The summed E-state index contributed by atoms with van der Waals surface area (Å²) in [7, 11) is 1.27. The number of anilines is 1. The SMILES string of the molecule is COC(=O)c1ccsc1NC(=O)[C@H]1CCCC[C@@H]1C(=O)O. The van der Waals surface area contributed by atoms with E-state index in [0.717, 1.165) is 12.8 Å². The number of ether oxygens (including phenoxy) is 1. The number of hydrogen-bond acceptors (Lipinski definition) is 5. The van der Waals surface area contributed by atoms with Crippen LogP contribution in [0.2, 0.25) is 0 Å². The molecule has 2 rings (SSSR count). The van der Waals surface area contributed by atoms with Crippen molar-refractivity contribution < 1.29 is 24.2 Å². The molecule has 1 fully saturated rings. The van der Waals surface area contributed by atoms with Gasteiger partial charge in [-0.15, -0.1) is 11.3 Å². The monoisotopic (exact) mass is 311 g/mol. The Labute approximate surface area is 126 Å². The molecular formula is C14H17NO5S. The van der Waals surface area contributed by atoms with Crippen LogP contribution >= 0.6 is 11.3 Å². The molecule has 0 spiro atoms. The van der Waals surface area contributed by atoms with Crippen molar-refractivity contribution in [2.24, 2.45) is 11.8 Å². The first-order valence-electron chi connectivity index (χ1n) is 6.74. The Morgan fingerprint density at radius 2 is 1.95 bits per heavy atom. The third-order valence-corrected chi connectivity index (χ3v) is 4.56. The molecule has 1 aromatic rings. The highest BCUT2D eigenvalue weighted by atomic mass is 32.1. The molecule has 0 aromatic carbocycles. The number of amides is 1. The van der Waals surface area contributed by atoms with Gasteiger partial charge >= 0.3 is 11.9 Å². The summed E-state index contributed by atoms with van der Waals surface area (Å²) in [4.78, 5) is 35.1. The number of nitrogens with one attached hydrogen (secondary N) is 1. The highest BCUT2D eigenvalue weighted by Crippen LogP contribution is 2.32. The van der Waals surface area contributed by atoms with Crippen LogP contribution in [-0.2, 0) is 14.3 Å². The van der Waals surface area contributed by atoms with E-state index >= 15 is 0 Å². The maximum atomic E-state index is 12.3. The second-order valence-electron chi connectivity index (χ2n) is 4.98. The molecule has 1 amide bonds. The average molecular weight is 311 g/mol. The van der Waals surface area contributed by atoms with Gasteiger partial charge in [-0.3, -0.25) is 9.59 Å². The molecule has 0 saturated heterocycles. The fraction of sp³-hybridized carbons (Fsp3) is 0.500. The predicted molar refractivity (Wildman–Crippen MR) is 77.4 cm³/mol. The van der Waals surface area contributed by atoms with Crippen molar-refractivity contribution in [2.45, 2.75) is 25.7 Å². The lowest BCUT2D eigenvalue weighted by molar-refractivity contribution is -0.147. The zero-order chi connectivity index (χ0) is 15.4. The Hall–Kier alpha value is -1.89. The largest absolute Gasteiger partial charge is 0.481 e. The summed E-state index contributed by atoms with van der Waals surface area (Å²) < 4.78 is 4.64. The minimum Gasteiger partial charge on any atom is -0.481 e. The normalized spacial score (nSPS) is 21.6. The molecule has 1 aromatic heterocycles. The van der Waals surface area contributed by atoms with Gasteiger partial charge in [-0.25, -0.2) is 4.79 Å². The van der Waals surface area contributed by atoms with Gasteiger partial charge in [-0.2, -0.15) is 0 Å². The van der Waals surface area contributed by atoms with E-state index in [1.165, 1.54) is 18.4 Å². The van der Waals surface area contributed by atoms with Crippen LogP contribution < -0.4 is 5.32 Å². The number of esters is 1. The molecule has 7 heteroatoms. The standard InChI is InChI=1S/C14H17NO5S/c1-20-14(19)10-6-7-21-12(10)15-11(16)8-4-2-3-5-9(8)13(17)18/h6-9H,2-5H2,1H3,(H,15,16)(H,17,18)/t8-,9-/m0/s1. The third kappa shape index (κ3) is 3.41. The highest BCUT2D eigenvalue weighted by molar-refractivity contribution is 7.14. The van der Waals surface area contributed by atoms with E-state index < -0.39 is 23.8 Å². The van der Waals surface area contributed by atoms with Crippen LogP contribution in [0, 0.1) is 11.8 Å². The average Bonchev–Trinajstić information content (AvgIpc) is 2.94.